The number of hydrogen-bond donors (Lipinski definition) is 0. The van der Waals surface area contributed by atoms with E-state index in [1.165, 1.54) is 11.1 Å². The Kier molecular flexibility index (Phi) is 6.72. The zero-order valence-electron chi connectivity index (χ0n) is 6.77. The fourth-order valence-corrected chi connectivity index (χ4v) is 0.663. The first-order valence-corrected chi connectivity index (χ1v) is 7.64. The second kappa shape index (κ2) is 6.71. The van der Waals surface area contributed by atoms with E-state index in [0.717, 1.165) is 0 Å². The van der Waals surface area contributed by atoms with E-state index in [1.807, 2.05) is 0 Å². The van der Waals surface area contributed by atoms with Crippen LogP contribution in [0, 0.1) is 13.8 Å². The summed E-state index contributed by atoms with van der Waals surface area (Å²) < 4.78 is 0. The Morgan fingerprint density at radius 2 is 1.27 bits per heavy atom. The predicted octanol–water partition coefficient (Wildman–Crippen LogP) is 2.77. The highest BCUT2D eigenvalue weighted by molar-refractivity contribution is 7.22. The molecule has 0 radical (unpaired) electrons. The Hall–Kier alpha value is 0.0169. The van der Waals surface area contributed by atoms with Crippen molar-refractivity contribution in [2.75, 3.05) is 0 Å². The smallest absolute Gasteiger partial charge is 0.155 e. The van der Waals surface area contributed by atoms with Crippen LogP contribution < -0.4 is 0 Å². The average molecular weight is 207 g/mol. The predicted molar refractivity (Wildman–Crippen MR) is 56.2 cm³/mol. The van der Waals surface area contributed by atoms with Crippen LogP contribution in [0.15, 0.2) is 24.3 Å². The molecule has 0 N–H and O–H groups in total. The molecule has 3 heteroatoms. The van der Waals surface area contributed by atoms with Gasteiger partial charge in [0.2, 0.25) is 8.14 Å². The van der Waals surface area contributed by atoms with E-state index >= 15 is 0 Å². The Morgan fingerprint density at radius 3 is 1.45 bits per heavy atom. The molecule has 0 aromatic heterocycles. The van der Waals surface area contributed by atoms with Crippen molar-refractivity contribution in [3.63, 3.8) is 0 Å². The van der Waals surface area contributed by atoms with E-state index in [9.17, 15) is 0 Å². The molecule has 0 spiro atoms. The Bertz CT molecular complexity index is 180. The number of aryl methyl sites for hydroxylation is 2. The normalized spacial score (nSPS) is 8.36. The molecule has 0 aliphatic rings. The van der Waals surface area contributed by atoms with Gasteiger partial charge in [-0.25, -0.2) is 0 Å². The number of hydrogen-bond acceptors (Lipinski definition) is 0. The molecule has 0 amide bonds. The maximum atomic E-state index is 4.90. The summed E-state index contributed by atoms with van der Waals surface area (Å²) >= 11 is 9.81. The van der Waals surface area contributed by atoms with Crippen LogP contribution >= 0.6 is 22.2 Å². The first kappa shape index (κ1) is 11.0. The molecular weight excluding hydrogens is 195 g/mol. The summed E-state index contributed by atoms with van der Waals surface area (Å²) in [5.74, 6) is 0. The van der Waals surface area contributed by atoms with Gasteiger partial charge in [-0.1, -0.05) is 24.3 Å². The second-order valence-corrected chi connectivity index (χ2v) is 4.81. The lowest BCUT2D eigenvalue weighted by Crippen LogP contribution is -1.74. The summed E-state index contributed by atoms with van der Waals surface area (Å²) in [4.78, 5) is 0. The van der Waals surface area contributed by atoms with Gasteiger partial charge in [-0.2, -0.15) is 22.2 Å². The minimum atomic E-state index is -0.639. The average Bonchev–Trinajstić information content (AvgIpc) is 1.97. The van der Waals surface area contributed by atoms with Crippen LogP contribution in [0.5, 0.6) is 0 Å². The summed E-state index contributed by atoms with van der Waals surface area (Å²) in [5, 5.41) is 0. The van der Waals surface area contributed by atoms with Gasteiger partial charge in [-0.05, 0) is 25.0 Å². The van der Waals surface area contributed by atoms with Crippen molar-refractivity contribution in [1.82, 2.24) is 0 Å². The van der Waals surface area contributed by atoms with E-state index in [4.69, 9.17) is 22.2 Å². The zero-order chi connectivity index (χ0) is 8.69. The highest BCUT2D eigenvalue weighted by atomic mass is 35.7. The lowest BCUT2D eigenvalue weighted by molar-refractivity contribution is 1.34. The fourth-order valence-electron chi connectivity index (χ4n) is 0.663. The molecule has 0 bridgehead atoms. The molecule has 1 rings (SSSR count). The molecule has 0 unspecified atom stereocenters. The van der Waals surface area contributed by atoms with Crippen molar-refractivity contribution in [1.29, 1.82) is 0 Å². The van der Waals surface area contributed by atoms with Gasteiger partial charge in [-0.15, -0.1) is 0 Å². The van der Waals surface area contributed by atoms with Crippen LogP contribution in [0.1, 0.15) is 11.1 Å². The monoisotopic (exact) mass is 206 g/mol. The molecule has 0 atom stereocenters. The maximum Gasteiger partial charge on any atom is 0.222 e. The molecule has 62 valence electrons. The quantitative estimate of drug-likeness (QED) is 0.453. The molecule has 0 nitrogen and oxygen atoms in total. The largest absolute Gasteiger partial charge is 0.222 e. The minimum absolute atomic E-state index is 0.639. The van der Waals surface area contributed by atoms with Crippen molar-refractivity contribution in [2.45, 2.75) is 13.8 Å². The summed E-state index contributed by atoms with van der Waals surface area (Å²) in [7, 11) is -0.639. The Labute approximate surface area is 79.8 Å². The molecule has 0 fully saturated rings. The first-order chi connectivity index (χ1) is 5.22. The van der Waals surface area contributed by atoms with Crippen LogP contribution in [0.2, 0.25) is 0 Å². The van der Waals surface area contributed by atoms with Crippen LogP contribution in [-0.4, -0.2) is 8.14 Å². The van der Waals surface area contributed by atoms with E-state index in [1.54, 1.807) is 0 Å². The number of benzene rings is 1. The third-order valence-electron chi connectivity index (χ3n) is 1.43. The SMILES string of the molecule is Cc1ccccc1C.Cl[SiH2]Cl. The highest BCUT2D eigenvalue weighted by Gasteiger charge is 1.83. The van der Waals surface area contributed by atoms with Crippen LogP contribution in [-0.2, 0) is 0 Å². The van der Waals surface area contributed by atoms with Crippen LogP contribution in [0.25, 0.3) is 0 Å². The molecule has 0 saturated heterocycles. The van der Waals surface area contributed by atoms with Crippen molar-refractivity contribution in [3.8, 4) is 0 Å². The topological polar surface area (TPSA) is 0 Å². The number of rotatable bonds is 0. The second-order valence-electron chi connectivity index (χ2n) is 2.19. The lowest BCUT2D eigenvalue weighted by Gasteiger charge is -1.93. The Balaban J connectivity index is 0.000000292. The standard InChI is InChI=1S/C8H10.Cl2H2Si/c1-7-5-3-4-6-8(7)2;1-3-2/h3-6H,1-2H3;3H2. The Morgan fingerprint density at radius 1 is 1.00 bits per heavy atom. The van der Waals surface area contributed by atoms with Gasteiger partial charge < -0.3 is 0 Å². The van der Waals surface area contributed by atoms with Crippen LogP contribution in [0.4, 0.5) is 0 Å². The van der Waals surface area contributed by atoms with E-state index in [-0.39, 0.29) is 0 Å². The van der Waals surface area contributed by atoms with Gasteiger partial charge in [0, 0.05) is 0 Å². The van der Waals surface area contributed by atoms with Gasteiger partial charge in [0.25, 0.3) is 0 Å². The summed E-state index contributed by atoms with van der Waals surface area (Å²) in [5.41, 5.74) is 2.74. The molecular formula is C8H12Cl2Si. The highest BCUT2D eigenvalue weighted by Crippen LogP contribution is 2.02. The van der Waals surface area contributed by atoms with Gasteiger partial charge in [0.1, 0.15) is 0 Å². The van der Waals surface area contributed by atoms with E-state index in [0.29, 0.717) is 0 Å². The zero-order valence-corrected chi connectivity index (χ0v) is 9.70. The van der Waals surface area contributed by atoms with Gasteiger partial charge >= 0.3 is 0 Å². The lowest BCUT2D eigenvalue weighted by atomic mass is 10.1. The van der Waals surface area contributed by atoms with E-state index in [2.05, 4.69) is 38.1 Å². The summed E-state index contributed by atoms with van der Waals surface area (Å²) in [6, 6.07) is 8.36. The molecule has 0 aliphatic heterocycles. The third kappa shape index (κ3) is 5.30. The van der Waals surface area contributed by atoms with Gasteiger partial charge in [0.15, 0.2) is 0 Å². The van der Waals surface area contributed by atoms with Gasteiger partial charge in [-0.3, -0.25) is 0 Å². The maximum absolute atomic E-state index is 4.90. The summed E-state index contributed by atoms with van der Waals surface area (Å²) in [6.07, 6.45) is 0. The number of halogens is 2. The fraction of sp³-hybridized carbons (Fsp3) is 0.250. The molecule has 11 heavy (non-hydrogen) atoms. The molecule has 0 heterocycles. The third-order valence-corrected chi connectivity index (χ3v) is 1.43. The van der Waals surface area contributed by atoms with Gasteiger partial charge in [0.05, 0.1) is 0 Å². The first-order valence-electron chi connectivity index (χ1n) is 3.36. The minimum Gasteiger partial charge on any atom is -0.155 e. The van der Waals surface area contributed by atoms with Crippen LogP contribution in [0.3, 0.4) is 0 Å². The van der Waals surface area contributed by atoms with E-state index < -0.39 is 8.14 Å². The molecule has 1 aromatic rings. The molecule has 0 aliphatic carbocycles. The van der Waals surface area contributed by atoms with Crippen molar-refractivity contribution in [2.24, 2.45) is 0 Å². The van der Waals surface area contributed by atoms with Crippen molar-refractivity contribution >= 4 is 30.3 Å². The van der Waals surface area contributed by atoms with Crippen molar-refractivity contribution in [3.05, 3.63) is 35.4 Å². The molecule has 1 aromatic carbocycles. The summed E-state index contributed by atoms with van der Waals surface area (Å²) in [6.45, 7) is 4.24. The van der Waals surface area contributed by atoms with Crippen molar-refractivity contribution < 1.29 is 0 Å². The molecule has 0 saturated carbocycles.